The van der Waals surface area contributed by atoms with Gasteiger partial charge in [-0.1, -0.05) is 0 Å². The highest BCUT2D eigenvalue weighted by Gasteiger charge is 2.22. The molecular formula is C19H26N8O3. The van der Waals surface area contributed by atoms with E-state index in [1.165, 1.54) is 7.05 Å². The molecule has 2 aromatic heterocycles. The number of carbonyl (C=O) groups is 1. The molecule has 0 saturated carbocycles. The molecule has 11 heteroatoms. The third-order valence-electron chi connectivity index (χ3n) is 4.91. The summed E-state index contributed by atoms with van der Waals surface area (Å²) in [5.74, 6) is 2.48. The predicted octanol–water partition coefficient (Wildman–Crippen LogP) is 0.896. The Labute approximate surface area is 174 Å². The van der Waals surface area contributed by atoms with Crippen molar-refractivity contribution in [2.45, 2.75) is 12.8 Å². The van der Waals surface area contributed by atoms with E-state index < -0.39 is 0 Å². The number of amides is 2. The molecule has 0 spiro atoms. The van der Waals surface area contributed by atoms with Gasteiger partial charge < -0.3 is 25.0 Å². The van der Waals surface area contributed by atoms with E-state index in [1.807, 2.05) is 0 Å². The fraction of sp³-hybridized carbons (Fsp3) is 0.526. The van der Waals surface area contributed by atoms with Gasteiger partial charge >= 0.3 is 6.03 Å². The summed E-state index contributed by atoms with van der Waals surface area (Å²) in [7, 11) is 1.53. The summed E-state index contributed by atoms with van der Waals surface area (Å²) in [4.78, 5) is 31.8. The molecule has 2 aromatic rings. The maximum Gasteiger partial charge on any atom is 0.321 e. The predicted molar refractivity (Wildman–Crippen MR) is 112 cm³/mol. The number of fused-ring (bicyclic) bond motifs is 1. The van der Waals surface area contributed by atoms with Gasteiger partial charge in [0.2, 0.25) is 5.95 Å². The molecule has 1 fully saturated rings. The quantitative estimate of drug-likeness (QED) is 0.671. The summed E-state index contributed by atoms with van der Waals surface area (Å²) in [6.07, 6.45) is 4.97. The molecule has 30 heavy (non-hydrogen) atoms. The van der Waals surface area contributed by atoms with Crippen molar-refractivity contribution >= 4 is 23.6 Å². The standard InChI is InChI=1S/C19H26N8O3/c1-20-19(28)26-18-22-11-13(12-23-18)15-24-16-14(3-2-7-29-8-4-21-16)17(25-15)27-5-9-30-10-6-27/h11-12H,2-10H2,1H3,(H,21,24,25)(H2,20,22,23,26,28). The second-order valence-corrected chi connectivity index (χ2v) is 6.94. The Morgan fingerprint density at radius 3 is 2.63 bits per heavy atom. The molecule has 2 aliphatic heterocycles. The molecule has 160 valence electrons. The monoisotopic (exact) mass is 414 g/mol. The average molecular weight is 414 g/mol. The van der Waals surface area contributed by atoms with E-state index in [-0.39, 0.29) is 12.0 Å². The summed E-state index contributed by atoms with van der Waals surface area (Å²) >= 11 is 0. The van der Waals surface area contributed by atoms with Crippen LogP contribution in [-0.2, 0) is 15.9 Å². The van der Waals surface area contributed by atoms with Crippen LogP contribution in [0.1, 0.15) is 12.0 Å². The van der Waals surface area contributed by atoms with E-state index in [9.17, 15) is 4.79 Å². The van der Waals surface area contributed by atoms with Gasteiger partial charge in [-0.05, 0) is 12.8 Å². The zero-order valence-electron chi connectivity index (χ0n) is 17.0. The van der Waals surface area contributed by atoms with Crippen LogP contribution in [0.15, 0.2) is 12.4 Å². The smallest absolute Gasteiger partial charge is 0.321 e. The number of anilines is 3. The van der Waals surface area contributed by atoms with Crippen LogP contribution in [0.4, 0.5) is 22.4 Å². The lowest BCUT2D eigenvalue weighted by atomic mass is 10.1. The van der Waals surface area contributed by atoms with Crippen molar-refractivity contribution in [1.82, 2.24) is 25.3 Å². The van der Waals surface area contributed by atoms with E-state index >= 15 is 0 Å². The SMILES string of the molecule is CNC(=O)Nc1ncc(-c2nc3c(c(N4CCOCC4)n2)CCCOCCN3)cn1. The van der Waals surface area contributed by atoms with Crippen molar-refractivity contribution in [3.05, 3.63) is 18.0 Å². The van der Waals surface area contributed by atoms with Gasteiger partial charge in [-0.3, -0.25) is 5.32 Å². The maximum atomic E-state index is 11.4. The highest BCUT2D eigenvalue weighted by atomic mass is 16.5. The number of rotatable bonds is 3. The van der Waals surface area contributed by atoms with Crippen LogP contribution in [0.2, 0.25) is 0 Å². The minimum atomic E-state index is -0.378. The van der Waals surface area contributed by atoms with E-state index in [2.05, 4.69) is 30.8 Å². The molecule has 0 unspecified atom stereocenters. The van der Waals surface area contributed by atoms with Crippen molar-refractivity contribution < 1.29 is 14.3 Å². The summed E-state index contributed by atoms with van der Waals surface area (Å²) in [5, 5.41) is 8.41. The van der Waals surface area contributed by atoms with Gasteiger partial charge in [0.1, 0.15) is 11.6 Å². The molecule has 11 nitrogen and oxygen atoms in total. The highest BCUT2D eigenvalue weighted by molar-refractivity contribution is 5.87. The normalized spacial score (nSPS) is 17.0. The van der Waals surface area contributed by atoms with Gasteiger partial charge in [0.25, 0.3) is 0 Å². The molecule has 0 aromatic carbocycles. The molecule has 3 N–H and O–H groups in total. The van der Waals surface area contributed by atoms with Gasteiger partial charge in [-0.15, -0.1) is 0 Å². The Morgan fingerprint density at radius 1 is 1.10 bits per heavy atom. The highest BCUT2D eigenvalue weighted by Crippen LogP contribution is 2.30. The number of carbonyl (C=O) groups excluding carboxylic acids is 1. The van der Waals surface area contributed by atoms with E-state index in [4.69, 9.17) is 19.4 Å². The van der Waals surface area contributed by atoms with Crippen LogP contribution in [0, 0.1) is 0 Å². The van der Waals surface area contributed by atoms with Crippen molar-refractivity contribution in [2.75, 3.05) is 68.6 Å². The molecule has 0 atom stereocenters. The first-order valence-corrected chi connectivity index (χ1v) is 10.1. The fourth-order valence-electron chi connectivity index (χ4n) is 3.38. The zero-order valence-corrected chi connectivity index (χ0v) is 17.0. The number of nitrogens with one attached hydrogen (secondary N) is 3. The third kappa shape index (κ3) is 4.74. The minimum Gasteiger partial charge on any atom is -0.380 e. The van der Waals surface area contributed by atoms with Crippen LogP contribution >= 0.6 is 0 Å². The summed E-state index contributed by atoms with van der Waals surface area (Å²) in [5.41, 5.74) is 1.78. The van der Waals surface area contributed by atoms with Gasteiger partial charge in [0, 0.05) is 51.2 Å². The number of hydrogen-bond acceptors (Lipinski definition) is 9. The lowest BCUT2D eigenvalue weighted by Crippen LogP contribution is -2.37. The van der Waals surface area contributed by atoms with Crippen LogP contribution in [0.3, 0.4) is 0 Å². The lowest BCUT2D eigenvalue weighted by Gasteiger charge is -2.30. The lowest BCUT2D eigenvalue weighted by molar-refractivity contribution is 0.122. The Morgan fingerprint density at radius 2 is 1.87 bits per heavy atom. The Hall–Kier alpha value is -3.05. The van der Waals surface area contributed by atoms with Gasteiger partial charge in [0.05, 0.1) is 25.4 Å². The summed E-state index contributed by atoms with van der Waals surface area (Å²) in [6.45, 7) is 4.95. The summed E-state index contributed by atoms with van der Waals surface area (Å²) < 4.78 is 11.2. The van der Waals surface area contributed by atoms with Crippen molar-refractivity contribution in [1.29, 1.82) is 0 Å². The fourth-order valence-corrected chi connectivity index (χ4v) is 3.38. The van der Waals surface area contributed by atoms with E-state index in [0.29, 0.717) is 37.8 Å². The number of urea groups is 1. The number of hydrogen-bond donors (Lipinski definition) is 3. The molecule has 4 rings (SSSR count). The van der Waals surface area contributed by atoms with Crippen molar-refractivity contribution in [3.63, 3.8) is 0 Å². The first-order valence-electron chi connectivity index (χ1n) is 10.1. The molecule has 1 saturated heterocycles. The number of morpholine rings is 1. The molecule has 4 heterocycles. The van der Waals surface area contributed by atoms with Crippen molar-refractivity contribution in [3.8, 4) is 11.4 Å². The second-order valence-electron chi connectivity index (χ2n) is 6.94. The molecular weight excluding hydrogens is 388 g/mol. The van der Waals surface area contributed by atoms with Crippen LogP contribution in [0.25, 0.3) is 11.4 Å². The van der Waals surface area contributed by atoms with E-state index in [1.54, 1.807) is 12.4 Å². The largest absolute Gasteiger partial charge is 0.380 e. The zero-order chi connectivity index (χ0) is 20.8. The average Bonchev–Trinajstić information content (AvgIpc) is 2.91. The Kier molecular flexibility index (Phi) is 6.50. The topological polar surface area (TPSA) is 126 Å². The Balaban J connectivity index is 1.69. The van der Waals surface area contributed by atoms with E-state index in [0.717, 1.165) is 49.7 Å². The van der Waals surface area contributed by atoms with Gasteiger partial charge in [0.15, 0.2) is 5.82 Å². The molecule has 0 bridgehead atoms. The first-order chi connectivity index (χ1) is 14.7. The van der Waals surface area contributed by atoms with Gasteiger partial charge in [-0.2, -0.15) is 0 Å². The molecule has 2 amide bonds. The maximum absolute atomic E-state index is 11.4. The molecule has 2 aliphatic rings. The van der Waals surface area contributed by atoms with Crippen LogP contribution in [0.5, 0.6) is 0 Å². The summed E-state index contributed by atoms with van der Waals surface area (Å²) in [6, 6.07) is -0.378. The Bertz CT molecular complexity index is 871. The molecule has 0 radical (unpaired) electrons. The second kappa shape index (κ2) is 9.63. The number of nitrogens with zero attached hydrogens (tertiary/aromatic N) is 5. The molecule has 0 aliphatic carbocycles. The van der Waals surface area contributed by atoms with Gasteiger partial charge in [-0.25, -0.2) is 24.7 Å². The number of ether oxygens (including phenoxy) is 2. The third-order valence-corrected chi connectivity index (χ3v) is 4.91. The van der Waals surface area contributed by atoms with Crippen LogP contribution in [-0.4, -0.2) is 79.1 Å². The van der Waals surface area contributed by atoms with Crippen molar-refractivity contribution in [2.24, 2.45) is 0 Å². The number of aromatic nitrogens is 4. The minimum absolute atomic E-state index is 0.213. The van der Waals surface area contributed by atoms with Crippen LogP contribution < -0.4 is 20.9 Å². The first kappa shape index (κ1) is 20.2.